The molecular weight excluding hydrogens is 246 g/mol. The Morgan fingerprint density at radius 2 is 1.94 bits per heavy atom. The van der Waals surface area contributed by atoms with Crippen LogP contribution in [0.3, 0.4) is 0 Å². The second-order valence-electron chi connectivity index (χ2n) is 4.19. The number of carbonyl (C=O) groups excluding carboxylic acids is 1. The van der Waals surface area contributed by atoms with E-state index in [0.717, 1.165) is 11.1 Å². The molecule has 0 bridgehead atoms. The summed E-state index contributed by atoms with van der Waals surface area (Å²) in [4.78, 5) is 11.9. The van der Waals surface area contributed by atoms with Gasteiger partial charge in [0.25, 0.3) is 0 Å². The van der Waals surface area contributed by atoms with Crippen molar-refractivity contribution >= 4 is 23.2 Å². The lowest BCUT2D eigenvalue weighted by molar-refractivity contribution is -0.115. The number of hydrogen-bond donors (Lipinski definition) is 1. The van der Waals surface area contributed by atoms with Crippen LogP contribution in [0.5, 0.6) is 0 Å². The van der Waals surface area contributed by atoms with Gasteiger partial charge < -0.3 is 5.32 Å². The molecule has 0 spiro atoms. The first-order valence-electron chi connectivity index (χ1n) is 5.75. The minimum Gasteiger partial charge on any atom is -0.324 e. The summed E-state index contributed by atoms with van der Waals surface area (Å²) in [5.74, 6) is -0.0614. The van der Waals surface area contributed by atoms with Crippen molar-refractivity contribution in [2.24, 2.45) is 0 Å². The van der Waals surface area contributed by atoms with E-state index in [2.05, 4.69) is 5.32 Å². The summed E-state index contributed by atoms with van der Waals surface area (Å²) < 4.78 is 0. The summed E-state index contributed by atoms with van der Waals surface area (Å²) in [5.41, 5.74) is 2.80. The third kappa shape index (κ3) is 3.34. The number of carbonyl (C=O) groups is 1. The van der Waals surface area contributed by atoms with Crippen LogP contribution >= 0.6 is 11.6 Å². The summed E-state index contributed by atoms with van der Waals surface area (Å²) in [6, 6.07) is 15.1. The molecule has 0 saturated carbocycles. The van der Waals surface area contributed by atoms with E-state index in [4.69, 9.17) is 11.6 Å². The SMILES string of the molecule is Cc1cccc(CC(=O)Nc2ccccc2Cl)c1. The predicted molar refractivity (Wildman–Crippen MR) is 75.0 cm³/mol. The molecule has 0 aliphatic rings. The quantitative estimate of drug-likeness (QED) is 0.892. The Balaban J connectivity index is 2.03. The Kier molecular flexibility index (Phi) is 4.00. The number of amides is 1. The smallest absolute Gasteiger partial charge is 0.228 e. The summed E-state index contributed by atoms with van der Waals surface area (Å²) >= 11 is 5.98. The highest BCUT2D eigenvalue weighted by Gasteiger charge is 2.06. The maximum Gasteiger partial charge on any atom is 0.228 e. The molecule has 0 aromatic heterocycles. The molecule has 0 fully saturated rings. The summed E-state index contributed by atoms with van der Waals surface area (Å²) in [6.07, 6.45) is 0.354. The zero-order valence-corrected chi connectivity index (χ0v) is 10.9. The van der Waals surface area contributed by atoms with Crippen molar-refractivity contribution in [3.8, 4) is 0 Å². The minimum atomic E-state index is -0.0614. The summed E-state index contributed by atoms with van der Waals surface area (Å²) in [7, 11) is 0. The Hall–Kier alpha value is -1.80. The zero-order valence-electron chi connectivity index (χ0n) is 10.1. The average molecular weight is 260 g/mol. The van der Waals surface area contributed by atoms with Crippen molar-refractivity contribution in [1.82, 2.24) is 0 Å². The maximum absolute atomic E-state index is 11.9. The molecule has 1 N–H and O–H groups in total. The van der Waals surface area contributed by atoms with E-state index in [1.807, 2.05) is 43.3 Å². The highest BCUT2D eigenvalue weighted by molar-refractivity contribution is 6.33. The van der Waals surface area contributed by atoms with Gasteiger partial charge in [0.15, 0.2) is 0 Å². The lowest BCUT2D eigenvalue weighted by Gasteiger charge is -2.07. The van der Waals surface area contributed by atoms with Crippen molar-refractivity contribution in [3.05, 3.63) is 64.7 Å². The van der Waals surface area contributed by atoms with Crippen LogP contribution in [0.2, 0.25) is 5.02 Å². The van der Waals surface area contributed by atoms with E-state index in [1.54, 1.807) is 12.1 Å². The fourth-order valence-corrected chi connectivity index (χ4v) is 1.95. The first kappa shape index (κ1) is 12.7. The highest BCUT2D eigenvalue weighted by Crippen LogP contribution is 2.20. The lowest BCUT2D eigenvalue weighted by Crippen LogP contribution is -2.14. The number of aryl methyl sites for hydroxylation is 1. The molecule has 0 heterocycles. The van der Waals surface area contributed by atoms with Crippen LogP contribution in [-0.2, 0) is 11.2 Å². The van der Waals surface area contributed by atoms with Gasteiger partial charge >= 0.3 is 0 Å². The molecule has 1 amide bonds. The van der Waals surface area contributed by atoms with Gasteiger partial charge in [0.2, 0.25) is 5.91 Å². The van der Waals surface area contributed by atoms with Crippen molar-refractivity contribution in [2.75, 3.05) is 5.32 Å². The Morgan fingerprint density at radius 1 is 1.17 bits per heavy atom. The number of rotatable bonds is 3. The van der Waals surface area contributed by atoms with Gasteiger partial charge in [-0.3, -0.25) is 4.79 Å². The van der Waals surface area contributed by atoms with Gasteiger partial charge in [-0.2, -0.15) is 0 Å². The second-order valence-corrected chi connectivity index (χ2v) is 4.60. The topological polar surface area (TPSA) is 29.1 Å². The number of anilines is 1. The van der Waals surface area contributed by atoms with Crippen molar-refractivity contribution in [1.29, 1.82) is 0 Å². The largest absolute Gasteiger partial charge is 0.324 e. The number of para-hydroxylation sites is 1. The van der Waals surface area contributed by atoms with Crippen molar-refractivity contribution < 1.29 is 4.79 Å². The minimum absolute atomic E-state index is 0.0614. The molecule has 0 saturated heterocycles. The molecule has 92 valence electrons. The van der Waals surface area contributed by atoms with Crippen LogP contribution in [0.15, 0.2) is 48.5 Å². The van der Waals surface area contributed by atoms with Crippen molar-refractivity contribution in [2.45, 2.75) is 13.3 Å². The van der Waals surface area contributed by atoms with Crippen LogP contribution in [-0.4, -0.2) is 5.91 Å². The summed E-state index contributed by atoms with van der Waals surface area (Å²) in [6.45, 7) is 2.01. The third-order valence-electron chi connectivity index (χ3n) is 2.60. The number of hydrogen-bond acceptors (Lipinski definition) is 1. The number of benzene rings is 2. The van der Waals surface area contributed by atoms with Gasteiger partial charge in [0.1, 0.15) is 0 Å². The Morgan fingerprint density at radius 3 is 2.67 bits per heavy atom. The Bertz CT molecular complexity index is 566. The maximum atomic E-state index is 11.9. The fraction of sp³-hybridized carbons (Fsp3) is 0.133. The molecule has 18 heavy (non-hydrogen) atoms. The molecule has 0 radical (unpaired) electrons. The van der Waals surface area contributed by atoms with Gasteiger partial charge in [-0.05, 0) is 24.6 Å². The number of nitrogens with one attached hydrogen (secondary N) is 1. The molecule has 2 nitrogen and oxygen atoms in total. The monoisotopic (exact) mass is 259 g/mol. The molecule has 2 aromatic carbocycles. The number of halogens is 1. The molecular formula is C15H14ClNO. The first-order chi connectivity index (χ1) is 8.65. The second kappa shape index (κ2) is 5.69. The van der Waals surface area contributed by atoms with Crippen LogP contribution in [0.25, 0.3) is 0 Å². The van der Waals surface area contributed by atoms with E-state index >= 15 is 0 Å². The normalized spacial score (nSPS) is 10.1. The van der Waals surface area contributed by atoms with E-state index in [0.29, 0.717) is 17.1 Å². The molecule has 2 rings (SSSR count). The Labute approximate surface area is 112 Å². The van der Waals surface area contributed by atoms with Gasteiger partial charge in [-0.15, -0.1) is 0 Å². The average Bonchev–Trinajstić information content (AvgIpc) is 2.32. The molecule has 0 unspecified atom stereocenters. The molecule has 2 aromatic rings. The molecule has 0 atom stereocenters. The summed E-state index contributed by atoms with van der Waals surface area (Å²) in [5, 5.41) is 3.36. The van der Waals surface area contributed by atoms with Gasteiger partial charge in [0, 0.05) is 0 Å². The van der Waals surface area contributed by atoms with Crippen molar-refractivity contribution in [3.63, 3.8) is 0 Å². The van der Waals surface area contributed by atoms with Crippen LogP contribution in [0.1, 0.15) is 11.1 Å². The van der Waals surface area contributed by atoms with E-state index in [-0.39, 0.29) is 5.91 Å². The molecule has 0 aliphatic carbocycles. The van der Waals surface area contributed by atoms with Gasteiger partial charge in [-0.25, -0.2) is 0 Å². The van der Waals surface area contributed by atoms with Gasteiger partial charge in [-0.1, -0.05) is 53.6 Å². The predicted octanol–water partition coefficient (Wildman–Crippen LogP) is 3.83. The highest BCUT2D eigenvalue weighted by atomic mass is 35.5. The van der Waals surface area contributed by atoms with Crippen LogP contribution in [0, 0.1) is 6.92 Å². The fourth-order valence-electron chi connectivity index (χ4n) is 1.76. The van der Waals surface area contributed by atoms with Crippen LogP contribution < -0.4 is 5.32 Å². The van der Waals surface area contributed by atoms with E-state index in [9.17, 15) is 4.79 Å². The third-order valence-corrected chi connectivity index (χ3v) is 2.92. The van der Waals surface area contributed by atoms with Crippen LogP contribution in [0.4, 0.5) is 5.69 Å². The van der Waals surface area contributed by atoms with Gasteiger partial charge in [0.05, 0.1) is 17.1 Å². The standard InChI is InChI=1S/C15H14ClNO/c1-11-5-4-6-12(9-11)10-15(18)17-14-8-3-2-7-13(14)16/h2-9H,10H2,1H3,(H,17,18). The first-order valence-corrected chi connectivity index (χ1v) is 6.13. The lowest BCUT2D eigenvalue weighted by atomic mass is 10.1. The molecule has 0 aliphatic heterocycles. The zero-order chi connectivity index (χ0) is 13.0. The van der Waals surface area contributed by atoms with E-state index < -0.39 is 0 Å². The molecule has 3 heteroatoms. The van der Waals surface area contributed by atoms with E-state index in [1.165, 1.54) is 0 Å².